The largest absolute Gasteiger partial charge is 0.490 e. The molecule has 222 valence electrons. The van der Waals surface area contributed by atoms with Crippen LogP contribution in [0.3, 0.4) is 0 Å². The van der Waals surface area contributed by atoms with Crippen LogP contribution in [0.2, 0.25) is 5.02 Å². The first kappa shape index (κ1) is 32.1. The highest BCUT2D eigenvalue weighted by molar-refractivity contribution is 6.30. The van der Waals surface area contributed by atoms with Gasteiger partial charge in [0.25, 0.3) is 5.56 Å². The molecule has 8 nitrogen and oxygen atoms in total. The van der Waals surface area contributed by atoms with Gasteiger partial charge in [0.05, 0.1) is 17.6 Å². The van der Waals surface area contributed by atoms with Crippen molar-refractivity contribution in [2.24, 2.45) is 0 Å². The van der Waals surface area contributed by atoms with Crippen molar-refractivity contribution in [3.8, 4) is 0 Å². The van der Waals surface area contributed by atoms with Crippen LogP contribution in [0, 0.1) is 0 Å². The maximum atomic E-state index is 13.3. The number of carbonyl (C=O) groups is 2. The molecule has 1 aliphatic heterocycles. The van der Waals surface area contributed by atoms with Crippen LogP contribution in [0.15, 0.2) is 53.3 Å². The molecule has 1 atom stereocenters. The van der Waals surface area contributed by atoms with Crippen LogP contribution >= 0.6 is 11.6 Å². The topological polar surface area (TPSA) is 105 Å². The van der Waals surface area contributed by atoms with Gasteiger partial charge in [-0.3, -0.25) is 14.5 Å². The van der Waals surface area contributed by atoms with E-state index in [9.17, 15) is 22.8 Å². The molecular weight excluding hydrogens is 561 g/mol. The molecule has 1 fully saturated rings. The lowest BCUT2D eigenvalue weighted by atomic mass is 10.0. The number of fused-ring (bicyclic) bond motifs is 1. The van der Waals surface area contributed by atoms with Crippen LogP contribution in [0.1, 0.15) is 51.3 Å². The Morgan fingerprint density at radius 1 is 1.07 bits per heavy atom. The average Bonchev–Trinajstić information content (AvgIpc) is 3.32. The Labute approximate surface area is 241 Å². The van der Waals surface area contributed by atoms with Crippen LogP contribution in [-0.2, 0) is 22.6 Å². The van der Waals surface area contributed by atoms with Gasteiger partial charge in [-0.05, 0) is 63.9 Å². The summed E-state index contributed by atoms with van der Waals surface area (Å²) in [7, 11) is 0. The number of carbonyl (C=O) groups excluding carboxylic acids is 1. The zero-order valence-electron chi connectivity index (χ0n) is 23.2. The van der Waals surface area contributed by atoms with Gasteiger partial charge in [0.1, 0.15) is 0 Å². The number of alkyl halides is 3. The third-order valence-corrected chi connectivity index (χ3v) is 6.75. The Morgan fingerprint density at radius 3 is 2.27 bits per heavy atom. The van der Waals surface area contributed by atoms with Crippen LogP contribution in [0.25, 0.3) is 10.8 Å². The summed E-state index contributed by atoms with van der Waals surface area (Å²) in [5, 5.41) is 17.3. The van der Waals surface area contributed by atoms with Crippen LogP contribution < -0.4 is 10.9 Å². The molecule has 3 aromatic rings. The number of aromatic nitrogens is 2. The maximum Gasteiger partial charge on any atom is 0.490 e. The minimum atomic E-state index is -5.08. The summed E-state index contributed by atoms with van der Waals surface area (Å²) < 4.78 is 33.4. The van der Waals surface area contributed by atoms with E-state index in [1.165, 1.54) is 0 Å². The molecule has 1 aromatic heterocycles. The van der Waals surface area contributed by atoms with Gasteiger partial charge >= 0.3 is 12.1 Å². The number of carboxylic acid groups (broad SMARTS) is 1. The van der Waals surface area contributed by atoms with Crippen molar-refractivity contribution in [2.75, 3.05) is 13.1 Å². The average molecular weight is 595 g/mol. The van der Waals surface area contributed by atoms with Crippen molar-refractivity contribution in [3.63, 3.8) is 0 Å². The zero-order chi connectivity index (χ0) is 30.4. The molecule has 0 saturated carbocycles. The molecule has 12 heteroatoms. The Hall–Kier alpha value is -3.44. The third kappa shape index (κ3) is 9.57. The fraction of sp³-hybridized carbons (Fsp3) is 0.448. The minimum Gasteiger partial charge on any atom is -0.475 e. The van der Waals surface area contributed by atoms with E-state index in [0.717, 1.165) is 36.0 Å². The highest BCUT2D eigenvalue weighted by atomic mass is 35.5. The molecule has 41 heavy (non-hydrogen) atoms. The number of nitrogens with zero attached hydrogens (tertiary/aromatic N) is 3. The Kier molecular flexibility index (Phi) is 10.5. The van der Waals surface area contributed by atoms with Gasteiger partial charge in [-0.2, -0.15) is 18.3 Å². The summed E-state index contributed by atoms with van der Waals surface area (Å²) in [5.74, 6) is -2.70. The Morgan fingerprint density at radius 2 is 1.68 bits per heavy atom. The van der Waals surface area contributed by atoms with Crippen molar-refractivity contribution in [1.82, 2.24) is 20.0 Å². The molecule has 1 amide bonds. The number of carboxylic acids is 1. The van der Waals surface area contributed by atoms with Crippen molar-refractivity contribution in [3.05, 3.63) is 75.2 Å². The Balaban J connectivity index is 0.000000587. The number of rotatable bonds is 7. The quantitative estimate of drug-likeness (QED) is 0.397. The molecule has 2 aromatic carbocycles. The Bertz CT molecular complexity index is 1420. The molecule has 0 unspecified atom stereocenters. The molecule has 0 radical (unpaired) electrons. The number of benzene rings is 2. The van der Waals surface area contributed by atoms with E-state index in [1.807, 2.05) is 69.3 Å². The van der Waals surface area contributed by atoms with Crippen LogP contribution in [0.4, 0.5) is 13.2 Å². The van der Waals surface area contributed by atoms with Gasteiger partial charge in [-0.15, -0.1) is 0 Å². The highest BCUT2D eigenvalue weighted by Crippen LogP contribution is 2.21. The van der Waals surface area contributed by atoms with Gasteiger partial charge in [0.2, 0.25) is 5.91 Å². The third-order valence-electron chi connectivity index (χ3n) is 6.49. The van der Waals surface area contributed by atoms with Crippen molar-refractivity contribution in [2.45, 2.75) is 70.8 Å². The van der Waals surface area contributed by atoms with E-state index in [1.54, 1.807) is 4.68 Å². The van der Waals surface area contributed by atoms with Crippen LogP contribution in [0.5, 0.6) is 0 Å². The van der Waals surface area contributed by atoms with E-state index in [4.69, 9.17) is 26.6 Å². The summed E-state index contributed by atoms with van der Waals surface area (Å²) in [5.41, 5.74) is 1.68. The van der Waals surface area contributed by atoms with Gasteiger partial charge < -0.3 is 10.4 Å². The van der Waals surface area contributed by atoms with Crippen molar-refractivity contribution >= 4 is 34.2 Å². The molecule has 0 bridgehead atoms. The summed E-state index contributed by atoms with van der Waals surface area (Å²) in [6.45, 7) is 8.12. The standard InChI is InChI=1S/C27H33ClN4O2.C2HF3O2/c1-27(2,3)29-25(33)14-16-31-15-6-7-21(31)18-32-26(34)23-9-5-4-8-22(23)24(30-32)17-19-10-12-20(28)13-11-19;3-2(4,5)1(6)7/h4-5,8-13,21H,6-7,14-18H2,1-3H3,(H,29,33);(H,6,7)/t21-;/m1./s1. The number of hydrogen-bond donors (Lipinski definition) is 2. The van der Waals surface area contributed by atoms with E-state index in [-0.39, 0.29) is 23.0 Å². The molecule has 2 N–H and O–H groups in total. The second-order valence-electron chi connectivity index (χ2n) is 11.0. The van der Waals surface area contributed by atoms with Crippen molar-refractivity contribution in [1.29, 1.82) is 0 Å². The molecule has 1 saturated heterocycles. The van der Waals surface area contributed by atoms with Crippen molar-refractivity contribution < 1.29 is 27.9 Å². The molecule has 4 rings (SSSR count). The molecule has 0 aliphatic carbocycles. The van der Waals surface area contributed by atoms with E-state index in [2.05, 4.69) is 10.2 Å². The summed E-state index contributed by atoms with van der Waals surface area (Å²) >= 11 is 6.05. The lowest BCUT2D eigenvalue weighted by molar-refractivity contribution is -0.192. The SMILES string of the molecule is CC(C)(C)NC(=O)CCN1CCC[C@@H]1Cn1nc(Cc2ccc(Cl)cc2)c2ccccc2c1=O.O=C(O)C(F)(F)F. The summed E-state index contributed by atoms with van der Waals surface area (Å²) in [6.07, 6.45) is -1.95. The monoisotopic (exact) mass is 594 g/mol. The smallest absolute Gasteiger partial charge is 0.475 e. The molecular formula is C29H34ClF3N4O4. The fourth-order valence-corrected chi connectivity index (χ4v) is 4.80. The van der Waals surface area contributed by atoms with E-state index >= 15 is 0 Å². The first-order valence-corrected chi connectivity index (χ1v) is 13.6. The predicted octanol–water partition coefficient (Wildman–Crippen LogP) is 5.04. The lowest BCUT2D eigenvalue weighted by Gasteiger charge is -2.26. The van der Waals surface area contributed by atoms with Gasteiger partial charge in [0, 0.05) is 41.4 Å². The molecule has 1 aliphatic rings. The predicted molar refractivity (Wildman–Crippen MR) is 151 cm³/mol. The molecule has 0 spiro atoms. The van der Waals surface area contributed by atoms with Gasteiger partial charge in [0.15, 0.2) is 0 Å². The normalized spacial score (nSPS) is 15.8. The first-order chi connectivity index (χ1) is 19.1. The van der Waals surface area contributed by atoms with Crippen LogP contribution in [-0.4, -0.2) is 62.5 Å². The zero-order valence-corrected chi connectivity index (χ0v) is 23.9. The summed E-state index contributed by atoms with van der Waals surface area (Å²) in [4.78, 5) is 36.8. The number of likely N-dealkylation sites (tertiary alicyclic amines) is 1. The minimum absolute atomic E-state index is 0.0596. The summed E-state index contributed by atoms with van der Waals surface area (Å²) in [6, 6.07) is 15.6. The lowest BCUT2D eigenvalue weighted by Crippen LogP contribution is -2.43. The van der Waals surface area contributed by atoms with Gasteiger partial charge in [-0.1, -0.05) is 41.9 Å². The number of halogens is 4. The number of amides is 1. The maximum absolute atomic E-state index is 13.3. The number of hydrogen-bond acceptors (Lipinski definition) is 5. The van der Waals surface area contributed by atoms with E-state index < -0.39 is 12.1 Å². The number of aliphatic carboxylic acids is 1. The van der Waals surface area contributed by atoms with E-state index in [0.29, 0.717) is 36.3 Å². The molecule has 2 heterocycles. The fourth-order valence-electron chi connectivity index (χ4n) is 4.68. The second-order valence-corrected chi connectivity index (χ2v) is 11.4. The number of nitrogens with one attached hydrogen (secondary N) is 1. The second kappa shape index (κ2) is 13.5. The highest BCUT2D eigenvalue weighted by Gasteiger charge is 2.38. The van der Waals surface area contributed by atoms with Gasteiger partial charge in [-0.25, -0.2) is 9.48 Å². The first-order valence-electron chi connectivity index (χ1n) is 13.2.